The average Bonchev–Trinajstić information content (AvgIpc) is 3.32. The van der Waals surface area contributed by atoms with E-state index in [2.05, 4.69) is 19.2 Å². The molecule has 1 rings (SSSR count). The number of carbonyl (C=O) groups is 1. The van der Waals surface area contributed by atoms with Crippen LogP contribution >= 0.6 is 0 Å². The van der Waals surface area contributed by atoms with Gasteiger partial charge in [0.15, 0.2) is 6.29 Å². The summed E-state index contributed by atoms with van der Waals surface area (Å²) in [5, 5.41) is 54.5. The maximum Gasteiger partial charge on any atom is 0.220 e. The second-order valence-corrected chi connectivity index (χ2v) is 20.5. The number of carbonyl (C=O) groups excluding carboxylic acids is 1. The van der Waals surface area contributed by atoms with Gasteiger partial charge in [-0.1, -0.05) is 276 Å². The normalized spacial score (nSPS) is 19.8. The molecule has 9 heteroatoms. The van der Waals surface area contributed by atoms with Gasteiger partial charge in [0.2, 0.25) is 5.91 Å². The fourth-order valence-corrected chi connectivity index (χ4v) is 9.51. The Morgan fingerprint density at radius 1 is 0.500 bits per heavy atom. The van der Waals surface area contributed by atoms with Crippen molar-refractivity contribution in [1.82, 2.24) is 5.32 Å². The molecule has 1 amide bonds. The van der Waals surface area contributed by atoms with Crippen LogP contribution in [0.4, 0.5) is 0 Å². The molecule has 1 aliphatic heterocycles. The predicted octanol–water partition coefficient (Wildman–Crippen LogP) is 14.0. The molecule has 0 aromatic heterocycles. The van der Waals surface area contributed by atoms with E-state index in [-0.39, 0.29) is 12.5 Å². The Labute approximate surface area is 407 Å². The van der Waals surface area contributed by atoms with Gasteiger partial charge in [0.05, 0.1) is 25.4 Å². The molecule has 0 aliphatic carbocycles. The molecular weight excluding hydrogens is 827 g/mol. The van der Waals surface area contributed by atoms with Gasteiger partial charge >= 0.3 is 0 Å². The SMILES string of the molecule is CCCCCCCCCCCCCCCCCCCCC/C=C/C(O)C(COC1OC(CO)C(O)C(O)C1O)NC(=O)CCCCCCCCCCCCCCCCCCCCCCCC. The van der Waals surface area contributed by atoms with Gasteiger partial charge in [0.1, 0.15) is 24.4 Å². The monoisotopic (exact) mass is 938 g/mol. The lowest BCUT2D eigenvalue weighted by molar-refractivity contribution is -0.302. The van der Waals surface area contributed by atoms with E-state index in [9.17, 15) is 30.3 Å². The molecule has 1 aliphatic rings. The van der Waals surface area contributed by atoms with E-state index in [1.807, 2.05) is 6.08 Å². The summed E-state index contributed by atoms with van der Waals surface area (Å²) in [6.45, 7) is 3.82. The molecule has 7 unspecified atom stereocenters. The highest BCUT2D eigenvalue weighted by molar-refractivity contribution is 5.76. The van der Waals surface area contributed by atoms with Gasteiger partial charge in [-0.15, -0.1) is 0 Å². The molecule has 6 N–H and O–H groups in total. The highest BCUT2D eigenvalue weighted by Gasteiger charge is 2.44. The number of aliphatic hydroxyl groups is 5. The predicted molar refractivity (Wildman–Crippen MR) is 277 cm³/mol. The molecule has 7 atom stereocenters. The van der Waals surface area contributed by atoms with E-state index in [1.165, 1.54) is 231 Å². The zero-order chi connectivity index (χ0) is 48.0. The van der Waals surface area contributed by atoms with Crippen LogP contribution < -0.4 is 5.32 Å². The van der Waals surface area contributed by atoms with E-state index in [4.69, 9.17) is 9.47 Å². The molecule has 392 valence electrons. The number of rotatable bonds is 50. The molecule has 1 saturated heterocycles. The Morgan fingerprint density at radius 3 is 1.18 bits per heavy atom. The van der Waals surface area contributed by atoms with Crippen molar-refractivity contribution in [3.63, 3.8) is 0 Å². The van der Waals surface area contributed by atoms with E-state index >= 15 is 0 Å². The molecule has 0 radical (unpaired) electrons. The number of amides is 1. The Morgan fingerprint density at radius 2 is 0.833 bits per heavy atom. The van der Waals surface area contributed by atoms with Gasteiger partial charge < -0.3 is 40.3 Å². The fourth-order valence-electron chi connectivity index (χ4n) is 9.51. The lowest BCUT2D eigenvalue weighted by Crippen LogP contribution is -2.60. The standard InChI is InChI=1S/C57H111NO8/c1-3-5-7-9-11-13-15-17-19-21-23-25-27-29-31-33-35-37-39-41-43-45-47-53(61)58-50(49-65-57-56(64)55(63)54(62)52(48-59)66-57)51(60)46-44-42-40-38-36-34-32-30-28-26-24-22-20-18-16-14-12-10-8-6-4-2/h44,46,50-52,54-57,59-60,62-64H,3-43,45,47-49H2,1-2H3,(H,58,61)/b46-44+. The third-order valence-electron chi connectivity index (χ3n) is 14.1. The van der Waals surface area contributed by atoms with Crippen molar-refractivity contribution < 1.29 is 39.8 Å². The Hall–Kier alpha value is -1.07. The molecule has 0 aromatic rings. The van der Waals surface area contributed by atoms with Gasteiger partial charge in [-0.2, -0.15) is 0 Å². The van der Waals surface area contributed by atoms with E-state index in [0.29, 0.717) is 6.42 Å². The summed E-state index contributed by atoms with van der Waals surface area (Å²) in [5.41, 5.74) is 0. The summed E-state index contributed by atoms with van der Waals surface area (Å²) < 4.78 is 11.3. The topological polar surface area (TPSA) is 149 Å². The van der Waals surface area contributed by atoms with E-state index < -0.39 is 49.5 Å². The van der Waals surface area contributed by atoms with Crippen molar-refractivity contribution in [3.05, 3.63) is 12.2 Å². The number of allylic oxidation sites excluding steroid dienone is 1. The van der Waals surface area contributed by atoms with E-state index in [1.54, 1.807) is 6.08 Å². The number of aliphatic hydroxyl groups excluding tert-OH is 5. The van der Waals surface area contributed by atoms with Crippen LogP contribution in [0.2, 0.25) is 0 Å². The summed E-state index contributed by atoms with van der Waals surface area (Å²) in [6, 6.07) is -0.800. The Balaban J connectivity index is 2.22. The number of hydrogen-bond acceptors (Lipinski definition) is 8. The zero-order valence-corrected chi connectivity index (χ0v) is 43.5. The molecule has 0 aromatic carbocycles. The van der Waals surface area contributed by atoms with Crippen LogP contribution in [0.15, 0.2) is 12.2 Å². The van der Waals surface area contributed by atoms with Crippen LogP contribution in [0.5, 0.6) is 0 Å². The van der Waals surface area contributed by atoms with Gasteiger partial charge in [0, 0.05) is 6.42 Å². The maximum atomic E-state index is 13.1. The van der Waals surface area contributed by atoms with E-state index in [0.717, 1.165) is 38.5 Å². The minimum Gasteiger partial charge on any atom is -0.394 e. The first-order valence-electron chi connectivity index (χ1n) is 28.9. The van der Waals surface area contributed by atoms with Crippen LogP contribution in [-0.4, -0.2) is 87.5 Å². The van der Waals surface area contributed by atoms with Crippen LogP contribution in [-0.2, 0) is 14.3 Å². The minimum atomic E-state index is -1.56. The molecule has 0 saturated carbocycles. The lowest BCUT2D eigenvalue weighted by Gasteiger charge is -2.40. The highest BCUT2D eigenvalue weighted by atomic mass is 16.7. The van der Waals surface area contributed by atoms with Crippen molar-refractivity contribution in [3.8, 4) is 0 Å². The third-order valence-corrected chi connectivity index (χ3v) is 14.1. The lowest BCUT2D eigenvalue weighted by atomic mass is 9.99. The average molecular weight is 939 g/mol. The first-order valence-corrected chi connectivity index (χ1v) is 28.9. The second kappa shape index (κ2) is 47.6. The number of hydrogen-bond donors (Lipinski definition) is 6. The van der Waals surface area contributed by atoms with Crippen LogP contribution in [0.3, 0.4) is 0 Å². The van der Waals surface area contributed by atoms with Crippen molar-refractivity contribution in [2.45, 2.75) is 333 Å². The Bertz CT molecular complexity index is 1040. The highest BCUT2D eigenvalue weighted by Crippen LogP contribution is 2.23. The molecule has 0 spiro atoms. The summed E-state index contributed by atoms with van der Waals surface area (Å²) in [6.07, 6.45) is 51.3. The van der Waals surface area contributed by atoms with Gasteiger partial charge in [-0.25, -0.2) is 0 Å². The first-order chi connectivity index (χ1) is 32.3. The van der Waals surface area contributed by atoms with Crippen molar-refractivity contribution in [1.29, 1.82) is 0 Å². The second-order valence-electron chi connectivity index (χ2n) is 20.5. The van der Waals surface area contributed by atoms with Crippen molar-refractivity contribution >= 4 is 5.91 Å². The molecule has 1 heterocycles. The number of nitrogens with one attached hydrogen (secondary N) is 1. The first kappa shape index (κ1) is 62.9. The van der Waals surface area contributed by atoms with Crippen LogP contribution in [0.25, 0.3) is 0 Å². The maximum absolute atomic E-state index is 13.1. The van der Waals surface area contributed by atoms with Crippen LogP contribution in [0, 0.1) is 0 Å². The van der Waals surface area contributed by atoms with Gasteiger partial charge in [-0.3, -0.25) is 4.79 Å². The van der Waals surface area contributed by atoms with Crippen molar-refractivity contribution in [2.24, 2.45) is 0 Å². The quantitative estimate of drug-likeness (QED) is 0.0261. The molecular formula is C57H111NO8. The Kier molecular flexibility index (Phi) is 45.4. The summed E-state index contributed by atoms with van der Waals surface area (Å²) in [7, 11) is 0. The number of unbranched alkanes of at least 4 members (excludes halogenated alkanes) is 40. The largest absolute Gasteiger partial charge is 0.394 e. The number of ether oxygens (including phenoxy) is 2. The molecule has 9 nitrogen and oxygen atoms in total. The van der Waals surface area contributed by atoms with Crippen molar-refractivity contribution in [2.75, 3.05) is 13.2 Å². The molecule has 66 heavy (non-hydrogen) atoms. The molecule has 0 bridgehead atoms. The van der Waals surface area contributed by atoms with Gasteiger partial charge in [-0.05, 0) is 19.3 Å². The fraction of sp³-hybridized carbons (Fsp3) is 0.947. The van der Waals surface area contributed by atoms with Gasteiger partial charge in [0.25, 0.3) is 0 Å². The van der Waals surface area contributed by atoms with Crippen LogP contribution in [0.1, 0.15) is 290 Å². The summed E-state index contributed by atoms with van der Waals surface area (Å²) >= 11 is 0. The summed E-state index contributed by atoms with van der Waals surface area (Å²) in [4.78, 5) is 13.1. The third kappa shape index (κ3) is 36.9. The molecule has 1 fully saturated rings. The minimum absolute atomic E-state index is 0.170. The smallest absolute Gasteiger partial charge is 0.220 e. The zero-order valence-electron chi connectivity index (χ0n) is 43.5. The summed E-state index contributed by atoms with van der Waals surface area (Å²) in [5.74, 6) is -0.170.